The Morgan fingerprint density at radius 3 is 1.88 bits per heavy atom. The van der Waals surface area contributed by atoms with E-state index in [2.05, 4.69) is 4.72 Å². The first-order valence-electron chi connectivity index (χ1n) is 10.1. The van der Waals surface area contributed by atoms with Gasteiger partial charge in [0, 0.05) is 12.6 Å². The van der Waals surface area contributed by atoms with Crippen molar-refractivity contribution >= 4 is 25.8 Å². The van der Waals surface area contributed by atoms with Crippen LogP contribution in [0.5, 0.6) is 0 Å². The zero-order valence-corrected chi connectivity index (χ0v) is 19.4. The molecule has 2 aromatic rings. The number of carbonyl (C=O) groups is 1. The fourth-order valence-electron chi connectivity index (χ4n) is 4.04. The number of nitrogens with one attached hydrogen (secondary N) is 1. The van der Waals surface area contributed by atoms with Gasteiger partial charge in [-0.1, -0.05) is 47.5 Å². The topological polar surface area (TPSA) is 101 Å². The van der Waals surface area contributed by atoms with E-state index in [9.17, 15) is 21.6 Å². The summed E-state index contributed by atoms with van der Waals surface area (Å²) in [5.74, 6) is -0.244. The molecule has 32 heavy (non-hydrogen) atoms. The Morgan fingerprint density at radius 2 is 1.34 bits per heavy atom. The summed E-state index contributed by atoms with van der Waals surface area (Å²) in [6.07, 6.45) is 5.91. The Hall–Kier alpha value is -2.59. The number of hydrogen-bond acceptors (Lipinski definition) is 5. The molecule has 1 saturated heterocycles. The van der Waals surface area contributed by atoms with Gasteiger partial charge in [0.05, 0.1) is 15.3 Å². The third-order valence-corrected chi connectivity index (χ3v) is 9.23. The minimum Gasteiger partial charge on any atom is -0.290 e. The normalized spacial score (nSPS) is 20.8. The molecular weight excluding hydrogens is 448 g/mol. The number of benzene rings is 2. The lowest BCUT2D eigenvalue weighted by Crippen LogP contribution is -2.45. The van der Waals surface area contributed by atoms with E-state index in [0.717, 1.165) is 11.1 Å². The van der Waals surface area contributed by atoms with E-state index in [4.69, 9.17) is 0 Å². The molecule has 168 valence electrons. The van der Waals surface area contributed by atoms with Crippen LogP contribution in [-0.2, 0) is 24.8 Å². The highest BCUT2D eigenvalue weighted by Gasteiger charge is 2.50. The van der Waals surface area contributed by atoms with Crippen molar-refractivity contribution < 1.29 is 21.6 Å². The van der Waals surface area contributed by atoms with Crippen LogP contribution in [0.25, 0.3) is 0 Å². The zero-order chi connectivity index (χ0) is 23.1. The summed E-state index contributed by atoms with van der Waals surface area (Å²) in [5.41, 5.74) is 0.728. The predicted molar refractivity (Wildman–Crippen MR) is 121 cm³/mol. The zero-order valence-electron chi connectivity index (χ0n) is 17.7. The summed E-state index contributed by atoms with van der Waals surface area (Å²) >= 11 is 0. The second-order valence-electron chi connectivity index (χ2n) is 8.24. The number of sulfonamides is 2. The van der Waals surface area contributed by atoms with E-state index in [0.29, 0.717) is 0 Å². The molecule has 1 N–H and O–H groups in total. The molecule has 9 heteroatoms. The molecule has 0 saturated carbocycles. The van der Waals surface area contributed by atoms with Crippen molar-refractivity contribution in [3.05, 3.63) is 84.0 Å². The molecule has 1 heterocycles. The standard InChI is InChI=1S/C23H24N2O5S2/c1-17-3-7-21(8-4-17)31(27,28)24-19-15-23(13-11-20(26)12-14-23)25(16-19)32(29,30)22-9-5-18(2)6-10-22/h3-14,19,24H,15-16H2,1-2H3/t19-/m0/s1. The van der Waals surface area contributed by atoms with Gasteiger partial charge in [0.15, 0.2) is 5.78 Å². The van der Waals surface area contributed by atoms with Gasteiger partial charge >= 0.3 is 0 Å². The van der Waals surface area contributed by atoms with E-state index >= 15 is 0 Å². The van der Waals surface area contributed by atoms with Gasteiger partial charge in [-0.2, -0.15) is 4.31 Å². The van der Waals surface area contributed by atoms with Crippen molar-refractivity contribution in [1.29, 1.82) is 0 Å². The lowest BCUT2D eigenvalue weighted by Gasteiger charge is -2.33. The molecule has 2 aliphatic rings. The molecule has 7 nitrogen and oxygen atoms in total. The van der Waals surface area contributed by atoms with Crippen LogP contribution in [0.15, 0.2) is 82.6 Å². The number of ketones is 1. The third kappa shape index (κ3) is 4.21. The lowest BCUT2D eigenvalue weighted by atomic mass is 9.91. The maximum Gasteiger partial charge on any atom is 0.244 e. The van der Waals surface area contributed by atoms with E-state index in [1.54, 1.807) is 36.4 Å². The van der Waals surface area contributed by atoms with Gasteiger partial charge in [0.25, 0.3) is 0 Å². The maximum atomic E-state index is 13.5. The fraction of sp³-hybridized carbons (Fsp3) is 0.261. The fourth-order valence-corrected chi connectivity index (χ4v) is 7.02. The third-order valence-electron chi connectivity index (χ3n) is 5.76. The highest BCUT2D eigenvalue weighted by atomic mass is 32.2. The summed E-state index contributed by atoms with van der Waals surface area (Å²) in [5, 5.41) is 0. The minimum atomic E-state index is -3.95. The van der Waals surface area contributed by atoms with E-state index < -0.39 is 31.6 Å². The molecule has 1 aliphatic carbocycles. The van der Waals surface area contributed by atoms with Crippen LogP contribution < -0.4 is 4.72 Å². The molecule has 1 fully saturated rings. The second-order valence-corrected chi connectivity index (χ2v) is 11.8. The molecule has 0 unspecified atom stereocenters. The SMILES string of the molecule is Cc1ccc(S(=O)(=O)N[C@@H]2CN(S(=O)(=O)c3ccc(C)cc3)C3(C=CC(=O)C=C3)C2)cc1. The number of rotatable bonds is 5. The number of allylic oxidation sites excluding steroid dienone is 2. The predicted octanol–water partition coefficient (Wildman–Crippen LogP) is 2.48. The first-order chi connectivity index (χ1) is 15.0. The molecule has 4 rings (SSSR count). The molecule has 0 radical (unpaired) electrons. The van der Waals surface area contributed by atoms with Gasteiger partial charge in [-0.25, -0.2) is 21.6 Å². The van der Waals surface area contributed by atoms with Crippen molar-refractivity contribution in [2.75, 3.05) is 6.54 Å². The monoisotopic (exact) mass is 472 g/mol. The smallest absolute Gasteiger partial charge is 0.244 e. The quantitative estimate of drug-likeness (QED) is 0.721. The Labute approximate surface area is 188 Å². The average molecular weight is 473 g/mol. The molecule has 1 aliphatic heterocycles. The van der Waals surface area contributed by atoms with E-state index in [1.807, 2.05) is 13.8 Å². The van der Waals surface area contributed by atoms with Crippen LogP contribution >= 0.6 is 0 Å². The van der Waals surface area contributed by atoms with Crippen molar-refractivity contribution in [3.8, 4) is 0 Å². The minimum absolute atomic E-state index is 0.0653. The molecule has 0 amide bonds. The molecule has 0 bridgehead atoms. The van der Waals surface area contributed by atoms with Gasteiger partial charge in [0.2, 0.25) is 20.0 Å². The molecule has 2 aromatic carbocycles. The summed E-state index contributed by atoms with van der Waals surface area (Å²) in [7, 11) is -7.81. The van der Waals surface area contributed by atoms with Crippen molar-refractivity contribution in [2.45, 2.75) is 41.6 Å². The van der Waals surface area contributed by atoms with Crippen molar-refractivity contribution in [1.82, 2.24) is 9.03 Å². The van der Waals surface area contributed by atoms with Gasteiger partial charge in [-0.3, -0.25) is 4.79 Å². The molecule has 1 spiro atoms. The number of aryl methyl sites for hydroxylation is 2. The number of hydrogen-bond donors (Lipinski definition) is 1. The van der Waals surface area contributed by atoms with Crippen LogP contribution in [-0.4, -0.2) is 45.0 Å². The van der Waals surface area contributed by atoms with Crippen LogP contribution in [0, 0.1) is 13.8 Å². The molecule has 1 atom stereocenters. The Bertz CT molecular complexity index is 1290. The van der Waals surface area contributed by atoms with Crippen molar-refractivity contribution in [2.24, 2.45) is 0 Å². The van der Waals surface area contributed by atoms with Crippen LogP contribution in [0.3, 0.4) is 0 Å². The Kier molecular flexibility index (Phi) is 5.70. The Morgan fingerprint density at radius 1 is 0.844 bits per heavy atom. The number of carbonyl (C=O) groups excluding carboxylic acids is 1. The van der Waals surface area contributed by atoms with Crippen molar-refractivity contribution in [3.63, 3.8) is 0 Å². The highest BCUT2D eigenvalue weighted by Crippen LogP contribution is 2.39. The highest BCUT2D eigenvalue weighted by molar-refractivity contribution is 7.89. The lowest BCUT2D eigenvalue weighted by molar-refractivity contribution is -0.110. The second kappa shape index (κ2) is 8.08. The van der Waals surface area contributed by atoms with Crippen LogP contribution in [0.1, 0.15) is 17.5 Å². The largest absolute Gasteiger partial charge is 0.290 e. The average Bonchev–Trinajstić information content (AvgIpc) is 3.09. The summed E-state index contributed by atoms with van der Waals surface area (Å²) in [4.78, 5) is 12.0. The van der Waals surface area contributed by atoms with Gasteiger partial charge in [-0.15, -0.1) is 0 Å². The van der Waals surface area contributed by atoms with Gasteiger partial charge < -0.3 is 0 Å². The van der Waals surface area contributed by atoms with E-state index in [-0.39, 0.29) is 28.5 Å². The molecule has 0 aromatic heterocycles. The maximum absolute atomic E-state index is 13.5. The van der Waals surface area contributed by atoms with E-state index in [1.165, 1.54) is 40.7 Å². The summed E-state index contributed by atoms with van der Waals surface area (Å²) in [6, 6.07) is 12.3. The first kappa shape index (κ1) is 22.6. The Balaban J connectivity index is 1.69. The summed E-state index contributed by atoms with van der Waals surface area (Å²) < 4.78 is 56.8. The first-order valence-corrected chi connectivity index (χ1v) is 13.1. The van der Waals surface area contributed by atoms with Gasteiger partial charge in [-0.05, 0) is 56.7 Å². The molecular formula is C23H24N2O5S2. The van der Waals surface area contributed by atoms with Crippen LogP contribution in [0.2, 0.25) is 0 Å². The van der Waals surface area contributed by atoms with Crippen LogP contribution in [0.4, 0.5) is 0 Å². The van der Waals surface area contributed by atoms with Gasteiger partial charge in [0.1, 0.15) is 0 Å². The number of nitrogens with zero attached hydrogens (tertiary/aromatic N) is 1. The summed E-state index contributed by atoms with van der Waals surface area (Å²) in [6.45, 7) is 3.66.